The van der Waals surface area contributed by atoms with Gasteiger partial charge in [0.15, 0.2) is 5.82 Å². The molecule has 0 saturated carbocycles. The molecule has 1 aliphatic heterocycles. The van der Waals surface area contributed by atoms with E-state index in [1.54, 1.807) is 6.20 Å². The van der Waals surface area contributed by atoms with Crippen molar-refractivity contribution in [2.75, 3.05) is 0 Å². The van der Waals surface area contributed by atoms with Crippen molar-refractivity contribution in [3.05, 3.63) is 12.3 Å². The summed E-state index contributed by atoms with van der Waals surface area (Å²) in [6.07, 6.45) is 1.72. The molecule has 0 bridgehead atoms. The first kappa shape index (κ1) is 14.8. The van der Waals surface area contributed by atoms with Crippen LogP contribution in [0.4, 0.5) is 5.82 Å². The molecule has 0 saturated heterocycles. The summed E-state index contributed by atoms with van der Waals surface area (Å²) < 4.78 is 7.40. The van der Waals surface area contributed by atoms with Crippen LogP contribution in [0.3, 0.4) is 0 Å². The molecule has 1 aromatic rings. The summed E-state index contributed by atoms with van der Waals surface area (Å²) in [5.41, 5.74) is 0.300. The van der Waals surface area contributed by atoms with Crippen LogP contribution < -0.4 is 0 Å². The first-order valence-electron chi connectivity index (χ1n) is 7.02. The SMILES string of the molecule is CC1=Nc2ccnn2C(C(C)C)C1C(=O)OC(C)(C)C. The molecule has 0 N–H and O–H groups in total. The third-order valence-corrected chi connectivity index (χ3v) is 3.36. The van der Waals surface area contributed by atoms with Crippen molar-refractivity contribution >= 4 is 17.5 Å². The fourth-order valence-electron chi connectivity index (χ4n) is 2.61. The molecule has 0 aromatic carbocycles. The summed E-state index contributed by atoms with van der Waals surface area (Å²) >= 11 is 0. The second kappa shape index (κ2) is 5.04. The Bertz CT molecular complexity index is 538. The maximum Gasteiger partial charge on any atom is 0.317 e. The van der Waals surface area contributed by atoms with Gasteiger partial charge in [-0.3, -0.25) is 4.79 Å². The van der Waals surface area contributed by atoms with Crippen LogP contribution in [-0.4, -0.2) is 27.1 Å². The predicted molar refractivity (Wildman–Crippen MR) is 78.2 cm³/mol. The highest BCUT2D eigenvalue weighted by molar-refractivity contribution is 6.03. The minimum atomic E-state index is -0.497. The lowest BCUT2D eigenvalue weighted by molar-refractivity contribution is -0.159. The second-order valence-corrected chi connectivity index (χ2v) is 6.63. The lowest BCUT2D eigenvalue weighted by Crippen LogP contribution is -2.41. The normalized spacial score (nSPS) is 22.4. The number of ether oxygens (including phenoxy) is 1. The van der Waals surface area contributed by atoms with Crippen LogP contribution in [0.1, 0.15) is 47.6 Å². The van der Waals surface area contributed by atoms with Crippen LogP contribution in [-0.2, 0) is 9.53 Å². The zero-order valence-electron chi connectivity index (χ0n) is 13.0. The van der Waals surface area contributed by atoms with Crippen LogP contribution in [0.5, 0.6) is 0 Å². The standard InChI is InChI=1S/C15H23N3O2/c1-9(2)13-12(14(19)20-15(4,5)6)10(3)17-11-7-8-16-18(11)13/h7-9,12-13H,1-6H3. The molecule has 5 nitrogen and oxygen atoms in total. The number of hydrogen-bond acceptors (Lipinski definition) is 4. The third-order valence-electron chi connectivity index (χ3n) is 3.36. The second-order valence-electron chi connectivity index (χ2n) is 6.63. The van der Waals surface area contributed by atoms with E-state index < -0.39 is 5.60 Å². The van der Waals surface area contributed by atoms with E-state index in [-0.39, 0.29) is 23.8 Å². The quantitative estimate of drug-likeness (QED) is 0.780. The van der Waals surface area contributed by atoms with E-state index in [1.807, 2.05) is 38.4 Å². The molecule has 0 aliphatic carbocycles. The first-order chi connectivity index (χ1) is 9.20. The van der Waals surface area contributed by atoms with Gasteiger partial charge in [-0.25, -0.2) is 9.67 Å². The van der Waals surface area contributed by atoms with E-state index in [0.29, 0.717) is 0 Å². The van der Waals surface area contributed by atoms with Gasteiger partial charge >= 0.3 is 5.97 Å². The molecule has 0 amide bonds. The lowest BCUT2D eigenvalue weighted by Gasteiger charge is -2.34. The number of aliphatic imine (C=N–C) groups is 1. The summed E-state index contributed by atoms with van der Waals surface area (Å²) in [6, 6.07) is 1.82. The van der Waals surface area contributed by atoms with Crippen molar-refractivity contribution in [3.63, 3.8) is 0 Å². The molecule has 0 radical (unpaired) electrons. The van der Waals surface area contributed by atoms with Crippen LogP contribution in [0.2, 0.25) is 0 Å². The highest BCUT2D eigenvalue weighted by atomic mass is 16.6. The Morgan fingerprint density at radius 2 is 2.05 bits per heavy atom. The van der Waals surface area contributed by atoms with E-state index in [1.165, 1.54) is 0 Å². The van der Waals surface area contributed by atoms with Gasteiger partial charge in [0.1, 0.15) is 11.5 Å². The molecule has 0 fully saturated rings. The van der Waals surface area contributed by atoms with E-state index in [0.717, 1.165) is 11.5 Å². The monoisotopic (exact) mass is 277 g/mol. The topological polar surface area (TPSA) is 56.5 Å². The predicted octanol–water partition coefficient (Wildman–Crippen LogP) is 3.14. The van der Waals surface area contributed by atoms with Crippen molar-refractivity contribution in [2.24, 2.45) is 16.8 Å². The molecule has 5 heteroatoms. The van der Waals surface area contributed by atoms with Gasteiger partial charge in [-0.2, -0.15) is 5.10 Å². The number of carbonyl (C=O) groups is 1. The van der Waals surface area contributed by atoms with Gasteiger partial charge in [-0.05, 0) is 33.6 Å². The van der Waals surface area contributed by atoms with Crippen LogP contribution in [0.25, 0.3) is 0 Å². The van der Waals surface area contributed by atoms with Gasteiger partial charge in [0.25, 0.3) is 0 Å². The third kappa shape index (κ3) is 2.76. The molecule has 2 atom stereocenters. The summed E-state index contributed by atoms with van der Waals surface area (Å²) in [5, 5.41) is 4.32. The fourth-order valence-corrected chi connectivity index (χ4v) is 2.61. The average Bonchev–Trinajstić information content (AvgIpc) is 2.71. The Morgan fingerprint density at radius 1 is 1.40 bits per heavy atom. The van der Waals surface area contributed by atoms with Crippen molar-refractivity contribution in [1.82, 2.24) is 9.78 Å². The van der Waals surface area contributed by atoms with E-state index >= 15 is 0 Å². The fraction of sp³-hybridized carbons (Fsp3) is 0.667. The number of nitrogens with zero attached hydrogens (tertiary/aromatic N) is 3. The number of rotatable bonds is 2. The van der Waals surface area contributed by atoms with Crippen LogP contribution >= 0.6 is 0 Å². The number of fused-ring (bicyclic) bond motifs is 1. The van der Waals surface area contributed by atoms with Gasteiger partial charge < -0.3 is 4.74 Å². The lowest BCUT2D eigenvalue weighted by atomic mass is 9.86. The van der Waals surface area contributed by atoms with Crippen LogP contribution in [0, 0.1) is 11.8 Å². The minimum absolute atomic E-state index is 0.0488. The molecule has 2 rings (SSSR count). The number of aromatic nitrogens is 2. The molecule has 2 heterocycles. The minimum Gasteiger partial charge on any atom is -0.459 e. The van der Waals surface area contributed by atoms with Crippen LogP contribution in [0.15, 0.2) is 17.3 Å². The van der Waals surface area contributed by atoms with Gasteiger partial charge in [0.05, 0.1) is 12.2 Å². The summed E-state index contributed by atoms with van der Waals surface area (Å²) in [5.74, 6) is 0.470. The maximum atomic E-state index is 12.5. The van der Waals surface area contributed by atoms with Gasteiger partial charge in [0, 0.05) is 11.8 Å². The Balaban J connectivity index is 2.39. The molecule has 20 heavy (non-hydrogen) atoms. The summed E-state index contributed by atoms with van der Waals surface area (Å²) in [6.45, 7) is 11.7. The zero-order valence-corrected chi connectivity index (χ0v) is 13.0. The van der Waals surface area contributed by atoms with E-state index in [4.69, 9.17) is 4.74 Å². The summed E-state index contributed by atoms with van der Waals surface area (Å²) in [7, 11) is 0. The van der Waals surface area contributed by atoms with Crippen molar-refractivity contribution < 1.29 is 9.53 Å². The number of carbonyl (C=O) groups excluding carboxylic acids is 1. The van der Waals surface area contributed by atoms with Gasteiger partial charge in [-0.1, -0.05) is 13.8 Å². The smallest absolute Gasteiger partial charge is 0.317 e. The Kier molecular flexibility index (Phi) is 3.71. The van der Waals surface area contributed by atoms with E-state index in [2.05, 4.69) is 23.9 Å². The molecule has 2 unspecified atom stereocenters. The van der Waals surface area contributed by atoms with E-state index in [9.17, 15) is 4.79 Å². The molecular weight excluding hydrogens is 254 g/mol. The van der Waals surface area contributed by atoms with Crippen molar-refractivity contribution in [3.8, 4) is 0 Å². The van der Waals surface area contributed by atoms with Gasteiger partial charge in [-0.15, -0.1) is 0 Å². The average molecular weight is 277 g/mol. The molecule has 0 spiro atoms. The van der Waals surface area contributed by atoms with Crippen molar-refractivity contribution in [1.29, 1.82) is 0 Å². The zero-order chi connectivity index (χ0) is 15.1. The molecular formula is C15H23N3O2. The maximum absolute atomic E-state index is 12.5. The molecule has 1 aliphatic rings. The largest absolute Gasteiger partial charge is 0.459 e. The highest BCUT2D eigenvalue weighted by Gasteiger charge is 2.40. The number of hydrogen-bond donors (Lipinski definition) is 0. The highest BCUT2D eigenvalue weighted by Crippen LogP contribution is 2.37. The number of esters is 1. The first-order valence-corrected chi connectivity index (χ1v) is 7.02. The molecule has 1 aromatic heterocycles. The summed E-state index contributed by atoms with van der Waals surface area (Å²) in [4.78, 5) is 17.0. The van der Waals surface area contributed by atoms with Gasteiger partial charge in [0.2, 0.25) is 0 Å². The Hall–Kier alpha value is -1.65. The van der Waals surface area contributed by atoms with Crippen molar-refractivity contribution in [2.45, 2.75) is 53.2 Å². The molecule has 110 valence electrons. The Labute approximate surface area is 120 Å². The Morgan fingerprint density at radius 3 is 2.60 bits per heavy atom.